The maximum absolute atomic E-state index is 11.6. The van der Waals surface area contributed by atoms with E-state index in [0.717, 1.165) is 24.8 Å². The maximum Gasteiger partial charge on any atom is 0.272 e. The maximum atomic E-state index is 11.6. The molecule has 1 aliphatic rings. The Balaban J connectivity index is 2.04. The zero-order valence-electron chi connectivity index (χ0n) is 10.9. The van der Waals surface area contributed by atoms with Crippen LogP contribution in [0.25, 0.3) is 0 Å². The molecule has 0 saturated heterocycles. The van der Waals surface area contributed by atoms with E-state index in [-0.39, 0.29) is 5.56 Å². The van der Waals surface area contributed by atoms with Crippen LogP contribution in [-0.2, 0) is 12.8 Å². The van der Waals surface area contributed by atoms with Gasteiger partial charge in [-0.15, -0.1) is 11.3 Å². The van der Waals surface area contributed by atoms with Gasteiger partial charge in [0.25, 0.3) is 11.5 Å². The van der Waals surface area contributed by atoms with Gasteiger partial charge in [0.1, 0.15) is 5.00 Å². The minimum atomic E-state index is -0.448. The van der Waals surface area contributed by atoms with Crippen LogP contribution in [0.3, 0.4) is 0 Å². The molecule has 0 unspecified atom stereocenters. The highest BCUT2D eigenvalue weighted by Gasteiger charge is 2.24. The Morgan fingerprint density at radius 3 is 2.85 bits per heavy atom. The molecule has 0 aliphatic heterocycles. The van der Waals surface area contributed by atoms with Crippen molar-refractivity contribution in [2.24, 2.45) is 10.7 Å². The Hall–Kier alpha value is -2.15. The predicted octanol–water partition coefficient (Wildman–Crippen LogP) is 1.41. The SMILES string of the molecule is Cc1[nH][nH]c(=O)c1C=Nc1sc2c(c1C(N)=O)CCC2. The number of hydrogen-bond acceptors (Lipinski definition) is 4. The molecule has 0 fully saturated rings. The number of thiophene rings is 1. The molecule has 2 aromatic heterocycles. The second-order valence-corrected chi connectivity index (χ2v) is 5.86. The molecule has 0 saturated carbocycles. The van der Waals surface area contributed by atoms with Gasteiger partial charge in [-0.3, -0.25) is 14.7 Å². The van der Waals surface area contributed by atoms with Gasteiger partial charge >= 0.3 is 0 Å². The van der Waals surface area contributed by atoms with E-state index in [0.29, 0.717) is 21.8 Å². The number of nitrogens with one attached hydrogen (secondary N) is 2. The number of fused-ring (bicyclic) bond motifs is 1. The van der Waals surface area contributed by atoms with E-state index >= 15 is 0 Å². The van der Waals surface area contributed by atoms with Crippen molar-refractivity contribution in [1.29, 1.82) is 0 Å². The smallest absolute Gasteiger partial charge is 0.272 e. The summed E-state index contributed by atoms with van der Waals surface area (Å²) in [5.74, 6) is -0.448. The number of carbonyl (C=O) groups is 1. The summed E-state index contributed by atoms with van der Waals surface area (Å²) in [7, 11) is 0. The Morgan fingerprint density at radius 1 is 1.40 bits per heavy atom. The van der Waals surface area contributed by atoms with Crippen LogP contribution >= 0.6 is 11.3 Å². The molecule has 1 aliphatic carbocycles. The molecule has 6 nitrogen and oxygen atoms in total. The van der Waals surface area contributed by atoms with E-state index in [9.17, 15) is 9.59 Å². The molecular formula is C13H14N4O2S. The standard InChI is InChI=1S/C13H14N4O2S/c1-6-8(12(19)17-16-6)5-15-13-10(11(14)18)7-3-2-4-9(7)20-13/h5H,2-4H2,1H3,(H2,14,18)(H2,16,17,19). The lowest BCUT2D eigenvalue weighted by atomic mass is 10.1. The van der Waals surface area contributed by atoms with Crippen molar-refractivity contribution in [1.82, 2.24) is 10.2 Å². The number of nitrogens with two attached hydrogens (primary N) is 1. The molecule has 2 aromatic rings. The molecule has 0 aromatic carbocycles. The number of aromatic nitrogens is 2. The topological polar surface area (TPSA) is 104 Å². The summed E-state index contributed by atoms with van der Waals surface area (Å²) in [6, 6.07) is 0. The quantitative estimate of drug-likeness (QED) is 0.744. The van der Waals surface area contributed by atoms with E-state index in [1.807, 2.05) is 0 Å². The third-order valence-electron chi connectivity index (χ3n) is 3.47. The molecule has 2 heterocycles. The summed E-state index contributed by atoms with van der Waals surface area (Å²) in [5.41, 5.74) is 7.97. The number of rotatable bonds is 3. The fourth-order valence-corrected chi connectivity index (χ4v) is 3.71. The molecule has 0 atom stereocenters. The van der Waals surface area contributed by atoms with Crippen molar-refractivity contribution in [2.45, 2.75) is 26.2 Å². The lowest BCUT2D eigenvalue weighted by molar-refractivity contribution is 0.100. The van der Waals surface area contributed by atoms with Crippen molar-refractivity contribution < 1.29 is 4.79 Å². The van der Waals surface area contributed by atoms with Gasteiger partial charge in [0.2, 0.25) is 0 Å². The molecule has 1 amide bonds. The lowest BCUT2D eigenvalue weighted by Gasteiger charge is -1.97. The lowest BCUT2D eigenvalue weighted by Crippen LogP contribution is -2.12. The highest BCUT2D eigenvalue weighted by Crippen LogP contribution is 2.40. The molecule has 3 rings (SSSR count). The summed E-state index contributed by atoms with van der Waals surface area (Å²) < 4.78 is 0. The molecule has 4 N–H and O–H groups in total. The van der Waals surface area contributed by atoms with Gasteiger partial charge < -0.3 is 10.8 Å². The van der Waals surface area contributed by atoms with Gasteiger partial charge in [0.15, 0.2) is 0 Å². The third kappa shape index (κ3) is 2.00. The van der Waals surface area contributed by atoms with E-state index in [2.05, 4.69) is 15.2 Å². The number of aliphatic imine (C=N–C) groups is 1. The number of hydrogen-bond donors (Lipinski definition) is 3. The highest BCUT2D eigenvalue weighted by molar-refractivity contribution is 7.16. The van der Waals surface area contributed by atoms with Crippen LogP contribution in [0.5, 0.6) is 0 Å². The van der Waals surface area contributed by atoms with Crippen LogP contribution in [0, 0.1) is 6.92 Å². The summed E-state index contributed by atoms with van der Waals surface area (Å²) in [5, 5.41) is 5.82. The predicted molar refractivity (Wildman–Crippen MR) is 78.3 cm³/mol. The normalized spacial score (nSPS) is 14.1. The molecule has 0 bridgehead atoms. The van der Waals surface area contributed by atoms with Crippen molar-refractivity contribution in [3.05, 3.63) is 37.6 Å². The fraction of sp³-hybridized carbons (Fsp3) is 0.308. The van der Waals surface area contributed by atoms with Gasteiger partial charge in [0, 0.05) is 16.8 Å². The molecule has 104 valence electrons. The average molecular weight is 290 g/mol. The summed E-state index contributed by atoms with van der Waals surface area (Å²) in [4.78, 5) is 28.7. The van der Waals surface area contributed by atoms with Crippen molar-refractivity contribution in [2.75, 3.05) is 0 Å². The molecule has 7 heteroatoms. The third-order valence-corrected chi connectivity index (χ3v) is 4.67. The zero-order chi connectivity index (χ0) is 14.3. The number of H-pyrrole nitrogens is 2. The van der Waals surface area contributed by atoms with Crippen LogP contribution in [0.2, 0.25) is 0 Å². The fourth-order valence-electron chi connectivity index (χ4n) is 2.47. The number of aromatic amines is 2. The minimum absolute atomic E-state index is 0.226. The van der Waals surface area contributed by atoms with Gasteiger partial charge in [-0.1, -0.05) is 0 Å². The summed E-state index contributed by atoms with van der Waals surface area (Å²) in [6.45, 7) is 1.78. The Labute approximate surface area is 118 Å². The zero-order valence-corrected chi connectivity index (χ0v) is 11.8. The Bertz CT molecular complexity index is 766. The van der Waals surface area contributed by atoms with E-state index in [4.69, 9.17) is 5.73 Å². The second-order valence-electron chi connectivity index (χ2n) is 4.78. The van der Waals surface area contributed by atoms with Crippen molar-refractivity contribution in [3.63, 3.8) is 0 Å². The van der Waals surface area contributed by atoms with E-state index < -0.39 is 5.91 Å². The number of carbonyl (C=O) groups excluding carboxylic acids is 1. The van der Waals surface area contributed by atoms with Crippen LogP contribution < -0.4 is 11.3 Å². The summed E-state index contributed by atoms with van der Waals surface area (Å²) in [6.07, 6.45) is 4.39. The number of amides is 1. The first-order valence-corrected chi connectivity index (χ1v) is 7.15. The first-order chi connectivity index (χ1) is 9.58. The number of nitrogens with zero attached hydrogens (tertiary/aromatic N) is 1. The second kappa shape index (κ2) is 4.75. The minimum Gasteiger partial charge on any atom is -0.365 e. The van der Waals surface area contributed by atoms with Gasteiger partial charge in [-0.25, -0.2) is 4.99 Å². The highest BCUT2D eigenvalue weighted by atomic mass is 32.1. The largest absolute Gasteiger partial charge is 0.365 e. The van der Waals surface area contributed by atoms with Crippen LogP contribution in [0.15, 0.2) is 9.79 Å². The van der Waals surface area contributed by atoms with Crippen molar-refractivity contribution in [3.8, 4) is 0 Å². The number of aryl methyl sites for hydroxylation is 2. The van der Waals surface area contributed by atoms with Crippen LogP contribution in [0.4, 0.5) is 5.00 Å². The molecule has 20 heavy (non-hydrogen) atoms. The van der Waals surface area contributed by atoms with Crippen molar-refractivity contribution >= 4 is 28.5 Å². The van der Waals surface area contributed by atoms with Crippen LogP contribution in [-0.4, -0.2) is 22.3 Å². The molecular weight excluding hydrogens is 276 g/mol. The molecule has 0 radical (unpaired) electrons. The summed E-state index contributed by atoms with van der Waals surface area (Å²) >= 11 is 1.49. The number of primary amides is 1. The molecule has 0 spiro atoms. The monoisotopic (exact) mass is 290 g/mol. The first kappa shape index (κ1) is 12.9. The average Bonchev–Trinajstić information content (AvgIpc) is 3.02. The van der Waals surface area contributed by atoms with Gasteiger partial charge in [-0.2, -0.15) is 0 Å². The van der Waals surface area contributed by atoms with E-state index in [1.165, 1.54) is 22.4 Å². The van der Waals surface area contributed by atoms with Gasteiger partial charge in [-0.05, 0) is 31.7 Å². The van der Waals surface area contributed by atoms with Gasteiger partial charge in [0.05, 0.1) is 11.1 Å². The van der Waals surface area contributed by atoms with E-state index in [1.54, 1.807) is 6.92 Å². The first-order valence-electron chi connectivity index (χ1n) is 6.33. The van der Waals surface area contributed by atoms with Crippen LogP contribution in [0.1, 0.15) is 38.5 Å². The Kier molecular flexibility index (Phi) is 3.06. The Morgan fingerprint density at radius 2 is 2.20 bits per heavy atom.